The third kappa shape index (κ3) is 4.87. The van der Waals surface area contributed by atoms with Gasteiger partial charge in [-0.15, -0.1) is 0 Å². The van der Waals surface area contributed by atoms with Crippen molar-refractivity contribution in [3.05, 3.63) is 23.9 Å². The lowest BCUT2D eigenvalue weighted by Gasteiger charge is -2.24. The first kappa shape index (κ1) is 15.4. The lowest BCUT2D eigenvalue weighted by atomic mass is 10.2. The number of nitrogens with one attached hydrogen (secondary N) is 2. The third-order valence-corrected chi connectivity index (χ3v) is 2.70. The number of aromatic nitrogens is 1. The van der Waals surface area contributed by atoms with E-state index >= 15 is 0 Å². The average molecular weight is 264 g/mol. The summed E-state index contributed by atoms with van der Waals surface area (Å²) in [7, 11) is 1.90. The summed E-state index contributed by atoms with van der Waals surface area (Å²) in [4.78, 5) is 18.3. The monoisotopic (exact) mass is 264 g/mol. The Hall–Kier alpha value is -1.62. The smallest absolute Gasteiger partial charge is 0.239 e. The minimum Gasteiger partial charge on any atom is -0.352 e. The Morgan fingerprint density at radius 3 is 2.79 bits per heavy atom. The fourth-order valence-corrected chi connectivity index (χ4v) is 1.92. The van der Waals surface area contributed by atoms with Crippen LogP contribution >= 0.6 is 0 Å². The quantitative estimate of drug-likeness (QED) is 0.776. The van der Waals surface area contributed by atoms with Crippen molar-refractivity contribution < 1.29 is 4.79 Å². The van der Waals surface area contributed by atoms with Crippen LogP contribution in [0.4, 0.5) is 5.82 Å². The molecule has 0 aliphatic carbocycles. The second kappa shape index (κ2) is 7.74. The van der Waals surface area contributed by atoms with Crippen LogP contribution in [0.25, 0.3) is 0 Å². The van der Waals surface area contributed by atoms with Crippen molar-refractivity contribution in [2.75, 3.05) is 25.0 Å². The summed E-state index contributed by atoms with van der Waals surface area (Å²) < 4.78 is 0. The molecule has 0 aliphatic rings. The van der Waals surface area contributed by atoms with Gasteiger partial charge in [0.25, 0.3) is 0 Å². The molecule has 0 aromatic carbocycles. The number of anilines is 1. The molecule has 1 heterocycles. The predicted molar refractivity (Wildman–Crippen MR) is 78.2 cm³/mol. The Labute approximate surface area is 115 Å². The van der Waals surface area contributed by atoms with Crippen LogP contribution in [-0.4, -0.2) is 37.1 Å². The van der Waals surface area contributed by atoms with Gasteiger partial charge in [-0.05, 0) is 33.9 Å². The standard InChI is InChI=1S/C14H24N4O/c1-5-18(10-13(19)17-11(2)3)14-12(9-15-4)7-6-8-16-14/h6-8,11,15H,5,9-10H2,1-4H3,(H,17,19). The molecule has 1 aromatic heterocycles. The molecular formula is C14H24N4O. The van der Waals surface area contributed by atoms with Crippen molar-refractivity contribution in [3.63, 3.8) is 0 Å². The number of carbonyl (C=O) groups is 1. The van der Waals surface area contributed by atoms with Crippen molar-refractivity contribution in [2.24, 2.45) is 0 Å². The SMILES string of the molecule is CCN(CC(=O)NC(C)C)c1ncccc1CNC. The van der Waals surface area contributed by atoms with E-state index in [1.807, 2.05) is 44.9 Å². The molecule has 0 radical (unpaired) electrons. The summed E-state index contributed by atoms with van der Waals surface area (Å²) in [5.41, 5.74) is 1.10. The molecule has 5 heteroatoms. The lowest BCUT2D eigenvalue weighted by molar-refractivity contribution is -0.120. The van der Waals surface area contributed by atoms with Gasteiger partial charge < -0.3 is 15.5 Å². The highest BCUT2D eigenvalue weighted by molar-refractivity contribution is 5.81. The largest absolute Gasteiger partial charge is 0.352 e. The Morgan fingerprint density at radius 2 is 2.21 bits per heavy atom. The van der Waals surface area contributed by atoms with Crippen LogP contribution in [0.15, 0.2) is 18.3 Å². The molecule has 106 valence electrons. The van der Waals surface area contributed by atoms with E-state index in [1.54, 1.807) is 6.20 Å². The average Bonchev–Trinajstić information content (AvgIpc) is 2.36. The van der Waals surface area contributed by atoms with Crippen molar-refractivity contribution in [1.82, 2.24) is 15.6 Å². The molecule has 0 aliphatic heterocycles. The summed E-state index contributed by atoms with van der Waals surface area (Å²) in [6.07, 6.45) is 1.76. The van der Waals surface area contributed by atoms with Gasteiger partial charge in [0.05, 0.1) is 6.54 Å². The van der Waals surface area contributed by atoms with Gasteiger partial charge in [-0.25, -0.2) is 4.98 Å². The lowest BCUT2D eigenvalue weighted by Crippen LogP contribution is -2.40. The van der Waals surface area contributed by atoms with E-state index in [-0.39, 0.29) is 11.9 Å². The fourth-order valence-electron chi connectivity index (χ4n) is 1.92. The van der Waals surface area contributed by atoms with E-state index in [1.165, 1.54) is 0 Å². The molecule has 0 spiro atoms. The zero-order valence-corrected chi connectivity index (χ0v) is 12.2. The van der Waals surface area contributed by atoms with Gasteiger partial charge in [0.15, 0.2) is 0 Å². The predicted octanol–water partition coefficient (Wildman–Crippen LogP) is 1.15. The number of carbonyl (C=O) groups excluding carboxylic acids is 1. The number of likely N-dealkylation sites (N-methyl/N-ethyl adjacent to an activating group) is 1. The molecule has 0 fully saturated rings. The van der Waals surface area contributed by atoms with Crippen LogP contribution < -0.4 is 15.5 Å². The maximum absolute atomic E-state index is 11.9. The van der Waals surface area contributed by atoms with Crippen LogP contribution in [0, 0.1) is 0 Å². The summed E-state index contributed by atoms with van der Waals surface area (Å²) in [5, 5.41) is 6.03. The molecule has 1 amide bonds. The normalized spacial score (nSPS) is 10.6. The maximum atomic E-state index is 11.9. The van der Waals surface area contributed by atoms with Gasteiger partial charge in [-0.1, -0.05) is 6.07 Å². The number of pyridine rings is 1. The molecule has 1 rings (SSSR count). The van der Waals surface area contributed by atoms with E-state index in [9.17, 15) is 4.79 Å². The van der Waals surface area contributed by atoms with E-state index in [0.29, 0.717) is 6.54 Å². The molecule has 0 bridgehead atoms. The zero-order chi connectivity index (χ0) is 14.3. The first-order valence-corrected chi connectivity index (χ1v) is 6.71. The highest BCUT2D eigenvalue weighted by atomic mass is 16.2. The highest BCUT2D eigenvalue weighted by Crippen LogP contribution is 2.16. The molecule has 1 aromatic rings. The Morgan fingerprint density at radius 1 is 1.47 bits per heavy atom. The first-order chi connectivity index (χ1) is 9.08. The molecular weight excluding hydrogens is 240 g/mol. The van der Waals surface area contributed by atoms with Crippen LogP contribution in [0.1, 0.15) is 26.3 Å². The third-order valence-electron chi connectivity index (χ3n) is 2.70. The van der Waals surface area contributed by atoms with E-state index in [4.69, 9.17) is 0 Å². The van der Waals surface area contributed by atoms with Crippen LogP contribution in [0.5, 0.6) is 0 Å². The number of amides is 1. The van der Waals surface area contributed by atoms with Crippen LogP contribution in [-0.2, 0) is 11.3 Å². The fraction of sp³-hybridized carbons (Fsp3) is 0.571. The van der Waals surface area contributed by atoms with Gasteiger partial charge in [-0.2, -0.15) is 0 Å². The second-order valence-electron chi connectivity index (χ2n) is 4.75. The van der Waals surface area contributed by atoms with Crippen molar-refractivity contribution >= 4 is 11.7 Å². The van der Waals surface area contributed by atoms with Gasteiger partial charge in [-0.3, -0.25) is 4.79 Å². The highest BCUT2D eigenvalue weighted by Gasteiger charge is 2.14. The topological polar surface area (TPSA) is 57.3 Å². The molecule has 2 N–H and O–H groups in total. The van der Waals surface area contributed by atoms with Crippen molar-refractivity contribution in [3.8, 4) is 0 Å². The Bertz CT molecular complexity index is 406. The first-order valence-electron chi connectivity index (χ1n) is 6.71. The Kier molecular flexibility index (Phi) is 6.29. The van der Waals surface area contributed by atoms with E-state index < -0.39 is 0 Å². The minimum absolute atomic E-state index is 0.0258. The van der Waals surface area contributed by atoms with Gasteiger partial charge in [0, 0.05) is 30.9 Å². The van der Waals surface area contributed by atoms with E-state index in [2.05, 4.69) is 15.6 Å². The number of rotatable bonds is 7. The van der Waals surface area contributed by atoms with Crippen molar-refractivity contribution in [2.45, 2.75) is 33.4 Å². The molecule has 0 atom stereocenters. The zero-order valence-electron chi connectivity index (χ0n) is 12.2. The number of hydrogen-bond donors (Lipinski definition) is 2. The molecule has 0 unspecified atom stereocenters. The van der Waals surface area contributed by atoms with E-state index in [0.717, 1.165) is 24.5 Å². The molecule has 0 saturated heterocycles. The summed E-state index contributed by atoms with van der Waals surface area (Å²) >= 11 is 0. The van der Waals surface area contributed by atoms with Crippen molar-refractivity contribution in [1.29, 1.82) is 0 Å². The minimum atomic E-state index is 0.0258. The number of hydrogen-bond acceptors (Lipinski definition) is 4. The summed E-state index contributed by atoms with van der Waals surface area (Å²) in [6.45, 7) is 7.77. The van der Waals surface area contributed by atoms with Gasteiger partial charge in [0.2, 0.25) is 5.91 Å². The second-order valence-corrected chi connectivity index (χ2v) is 4.75. The molecule has 0 saturated carbocycles. The summed E-state index contributed by atoms with van der Waals surface area (Å²) in [5.74, 6) is 0.899. The van der Waals surface area contributed by atoms with Crippen LogP contribution in [0.3, 0.4) is 0 Å². The van der Waals surface area contributed by atoms with Gasteiger partial charge >= 0.3 is 0 Å². The molecule has 5 nitrogen and oxygen atoms in total. The Balaban J connectivity index is 2.82. The maximum Gasteiger partial charge on any atom is 0.239 e. The molecule has 19 heavy (non-hydrogen) atoms. The summed E-state index contributed by atoms with van der Waals surface area (Å²) in [6, 6.07) is 4.10. The number of nitrogens with zero attached hydrogens (tertiary/aromatic N) is 2. The van der Waals surface area contributed by atoms with Crippen LogP contribution in [0.2, 0.25) is 0 Å². The van der Waals surface area contributed by atoms with Gasteiger partial charge in [0.1, 0.15) is 5.82 Å².